The van der Waals surface area contributed by atoms with Gasteiger partial charge < -0.3 is 14.8 Å². The van der Waals surface area contributed by atoms with E-state index in [0.717, 1.165) is 6.07 Å². The molecule has 0 fully saturated rings. The predicted molar refractivity (Wildman–Crippen MR) is 100 cm³/mol. The second-order valence-corrected chi connectivity index (χ2v) is 6.24. The van der Waals surface area contributed by atoms with Gasteiger partial charge >= 0.3 is 0 Å². The Morgan fingerprint density at radius 1 is 1.33 bits per heavy atom. The van der Waals surface area contributed by atoms with Gasteiger partial charge in [0.05, 0.1) is 28.0 Å². The van der Waals surface area contributed by atoms with Crippen LogP contribution in [0.25, 0.3) is 22.0 Å². The minimum Gasteiger partial charge on any atom is -0.865 e. The molecule has 0 aliphatic carbocycles. The van der Waals surface area contributed by atoms with E-state index in [9.17, 15) is 20.0 Å². The summed E-state index contributed by atoms with van der Waals surface area (Å²) in [6.45, 7) is 0. The van der Waals surface area contributed by atoms with Crippen molar-refractivity contribution in [2.75, 3.05) is 7.11 Å². The molecule has 8 nitrogen and oxygen atoms in total. The molecule has 3 aromatic rings. The zero-order valence-corrected chi connectivity index (χ0v) is 15.2. The van der Waals surface area contributed by atoms with Crippen molar-refractivity contribution in [3.05, 3.63) is 67.2 Å². The molecule has 0 radical (unpaired) electrons. The van der Waals surface area contributed by atoms with E-state index >= 15 is 0 Å². The number of nitrogens with zero attached hydrogens (tertiary/aromatic N) is 2. The number of aromatic nitrogens is 2. The normalized spacial score (nSPS) is 11.6. The van der Waals surface area contributed by atoms with Gasteiger partial charge in [-0.2, -0.15) is 0 Å². The van der Waals surface area contributed by atoms with E-state index in [1.54, 1.807) is 6.07 Å². The van der Waals surface area contributed by atoms with Crippen molar-refractivity contribution in [1.29, 1.82) is 0 Å². The van der Waals surface area contributed by atoms with Crippen molar-refractivity contribution in [3.8, 4) is 11.5 Å². The highest BCUT2D eigenvalue weighted by Gasteiger charge is 2.14. The standard InChI is InChI=1S/C17H11Cl2N3O5/c1-27-14-6-8(5-13(15(14)23)22(25)26)4-11(19)16-20-12-7-9(18)2-3-10(12)17(24)21-16/h2-7,23H,1H3,(H,20,21,24)/p-1/b11-4-. The number of H-pyrrole nitrogens is 1. The molecule has 0 aliphatic heterocycles. The monoisotopic (exact) mass is 406 g/mol. The number of aromatic amines is 1. The zero-order valence-electron chi connectivity index (χ0n) is 13.7. The van der Waals surface area contributed by atoms with Crippen molar-refractivity contribution in [2.45, 2.75) is 0 Å². The second-order valence-electron chi connectivity index (χ2n) is 5.40. The number of ether oxygens (including phenoxy) is 1. The lowest BCUT2D eigenvalue weighted by atomic mass is 10.1. The van der Waals surface area contributed by atoms with Gasteiger partial charge in [-0.3, -0.25) is 14.9 Å². The molecule has 1 heterocycles. The Morgan fingerprint density at radius 3 is 2.74 bits per heavy atom. The molecule has 10 heteroatoms. The Labute approximate surface area is 161 Å². The van der Waals surface area contributed by atoms with Crippen LogP contribution >= 0.6 is 23.2 Å². The number of nitro benzene ring substituents is 1. The van der Waals surface area contributed by atoms with E-state index in [4.69, 9.17) is 27.9 Å². The van der Waals surface area contributed by atoms with Crippen LogP contribution in [0.5, 0.6) is 11.5 Å². The maximum Gasteiger partial charge on any atom is 0.266 e. The lowest BCUT2D eigenvalue weighted by Gasteiger charge is -2.13. The molecule has 0 atom stereocenters. The summed E-state index contributed by atoms with van der Waals surface area (Å²) >= 11 is 12.1. The number of methoxy groups -OCH3 is 1. The van der Waals surface area contributed by atoms with Crippen LogP contribution in [0.2, 0.25) is 5.02 Å². The Hall–Kier alpha value is -3.10. The van der Waals surface area contributed by atoms with Gasteiger partial charge in [0.25, 0.3) is 11.2 Å². The minimum atomic E-state index is -0.845. The molecule has 27 heavy (non-hydrogen) atoms. The lowest BCUT2D eigenvalue weighted by Crippen LogP contribution is -2.10. The third kappa shape index (κ3) is 3.71. The van der Waals surface area contributed by atoms with Crippen molar-refractivity contribution < 1.29 is 14.8 Å². The fraction of sp³-hybridized carbons (Fsp3) is 0.0588. The van der Waals surface area contributed by atoms with Gasteiger partial charge in [0.15, 0.2) is 5.82 Å². The topological polar surface area (TPSA) is 121 Å². The zero-order chi connectivity index (χ0) is 19.7. The molecule has 0 aliphatic rings. The van der Waals surface area contributed by atoms with Crippen LogP contribution in [0, 0.1) is 10.1 Å². The van der Waals surface area contributed by atoms with Gasteiger partial charge in [-0.25, -0.2) is 4.98 Å². The van der Waals surface area contributed by atoms with Crippen LogP contribution in [0.4, 0.5) is 5.69 Å². The fourth-order valence-electron chi connectivity index (χ4n) is 2.42. The summed E-state index contributed by atoms with van der Waals surface area (Å²) in [6.07, 6.45) is 1.32. The first-order chi connectivity index (χ1) is 12.8. The van der Waals surface area contributed by atoms with E-state index in [1.807, 2.05) is 0 Å². The molecule has 0 saturated carbocycles. The number of hydrogen-bond acceptors (Lipinski definition) is 6. The van der Waals surface area contributed by atoms with Crippen LogP contribution in [0.3, 0.4) is 0 Å². The first-order valence-corrected chi connectivity index (χ1v) is 8.16. The number of hydrogen-bond donors (Lipinski definition) is 1. The Balaban J connectivity index is 2.13. The average molecular weight is 407 g/mol. The van der Waals surface area contributed by atoms with Crippen molar-refractivity contribution in [1.82, 2.24) is 9.97 Å². The molecule has 0 saturated heterocycles. The van der Waals surface area contributed by atoms with Gasteiger partial charge in [-0.1, -0.05) is 23.2 Å². The highest BCUT2D eigenvalue weighted by Crippen LogP contribution is 2.35. The van der Waals surface area contributed by atoms with Gasteiger partial charge in [0.1, 0.15) is 5.75 Å². The molecule has 0 bridgehead atoms. The second kappa shape index (κ2) is 7.26. The first kappa shape index (κ1) is 18.7. The molecule has 1 aromatic heterocycles. The summed E-state index contributed by atoms with van der Waals surface area (Å²) in [5, 5.41) is 23.7. The van der Waals surface area contributed by atoms with Crippen molar-refractivity contribution in [3.63, 3.8) is 0 Å². The molecule has 0 spiro atoms. The SMILES string of the molecule is COc1cc(/C=C(\Cl)c2nc3cc(Cl)ccc3c(=O)[nH]2)cc([N+](=O)[O-])c1[O-]. The quantitative estimate of drug-likeness (QED) is 0.523. The van der Waals surface area contributed by atoms with Gasteiger partial charge in [0.2, 0.25) is 0 Å². The Bertz CT molecular complexity index is 1160. The van der Waals surface area contributed by atoms with Gasteiger partial charge in [-0.15, -0.1) is 0 Å². The molecular weight excluding hydrogens is 397 g/mol. The smallest absolute Gasteiger partial charge is 0.266 e. The van der Waals surface area contributed by atoms with Crippen LogP contribution in [-0.4, -0.2) is 22.0 Å². The summed E-state index contributed by atoms with van der Waals surface area (Å²) in [5.74, 6) is -1.00. The number of nitro groups is 1. The number of benzene rings is 2. The van der Waals surface area contributed by atoms with Gasteiger partial charge in [-0.05, 0) is 35.9 Å². The third-order valence-corrected chi connectivity index (χ3v) is 4.19. The van der Waals surface area contributed by atoms with E-state index in [0.29, 0.717) is 15.9 Å². The highest BCUT2D eigenvalue weighted by molar-refractivity contribution is 6.50. The maximum absolute atomic E-state index is 12.2. The molecule has 0 amide bonds. The summed E-state index contributed by atoms with van der Waals surface area (Å²) in [7, 11) is 1.22. The fourth-order valence-corrected chi connectivity index (χ4v) is 2.80. The van der Waals surface area contributed by atoms with Crippen LogP contribution in [0.1, 0.15) is 11.4 Å². The third-order valence-electron chi connectivity index (χ3n) is 3.66. The predicted octanol–water partition coefficient (Wildman–Crippen LogP) is 3.30. The summed E-state index contributed by atoms with van der Waals surface area (Å²) in [4.78, 5) is 29.2. The van der Waals surface area contributed by atoms with Gasteiger partial charge in [0, 0.05) is 16.8 Å². The lowest BCUT2D eigenvalue weighted by molar-refractivity contribution is -0.398. The van der Waals surface area contributed by atoms with Crippen LogP contribution in [-0.2, 0) is 0 Å². The van der Waals surface area contributed by atoms with Crippen molar-refractivity contribution in [2.24, 2.45) is 0 Å². The molecular formula is C17H10Cl2N3O5-. The molecule has 1 N–H and O–H groups in total. The maximum atomic E-state index is 12.2. The van der Waals surface area contributed by atoms with Crippen LogP contribution in [0.15, 0.2) is 35.1 Å². The average Bonchev–Trinajstić information content (AvgIpc) is 2.62. The number of nitrogens with one attached hydrogen (secondary N) is 1. The summed E-state index contributed by atoms with van der Waals surface area (Å²) in [5.41, 5.74) is -0.503. The highest BCUT2D eigenvalue weighted by atomic mass is 35.5. The number of fused-ring (bicyclic) bond motifs is 1. The number of halogens is 2. The molecule has 138 valence electrons. The Kier molecular flexibility index (Phi) is 5.02. The first-order valence-electron chi connectivity index (χ1n) is 7.40. The number of rotatable bonds is 4. The van der Waals surface area contributed by atoms with E-state index < -0.39 is 21.9 Å². The largest absolute Gasteiger partial charge is 0.865 e. The molecule has 3 rings (SSSR count). The summed E-state index contributed by atoms with van der Waals surface area (Å²) < 4.78 is 4.88. The minimum absolute atomic E-state index is 0.00368. The van der Waals surface area contributed by atoms with E-state index in [2.05, 4.69) is 9.97 Å². The Morgan fingerprint density at radius 2 is 2.07 bits per heavy atom. The van der Waals surface area contributed by atoms with Crippen LogP contribution < -0.4 is 15.4 Å². The molecule has 0 unspecified atom stereocenters. The summed E-state index contributed by atoms with van der Waals surface area (Å²) in [6, 6.07) is 6.97. The van der Waals surface area contributed by atoms with E-state index in [1.165, 1.54) is 31.4 Å². The van der Waals surface area contributed by atoms with Crippen molar-refractivity contribution >= 4 is 50.9 Å². The molecule has 2 aromatic carbocycles. The van der Waals surface area contributed by atoms with E-state index in [-0.39, 0.29) is 22.2 Å².